The number of aliphatic carboxylic acids is 1. The number of hydrogen-bond donors (Lipinski definition) is 2. The fourth-order valence-corrected chi connectivity index (χ4v) is 1.06. The normalized spacial score (nSPS) is 10.9. The van der Waals surface area contributed by atoms with E-state index in [2.05, 4.69) is 5.32 Å². The standard InChI is InChI=1S/C11H11NO3/c1-8(13)12-10(11(14)15)7-9-5-3-2-4-6-9/h2-7H,1H3,(H,12,13)(H,14,15)/b10-7-/i11+1. The SMILES string of the molecule is CC(=O)N/C(=C\c1ccccc1)[13C](=O)O. The predicted molar refractivity (Wildman–Crippen MR) is 55.9 cm³/mol. The molecule has 0 aromatic heterocycles. The number of amides is 1. The van der Waals surface area contributed by atoms with E-state index in [1.165, 1.54) is 13.0 Å². The highest BCUT2D eigenvalue weighted by Crippen LogP contribution is 2.04. The first-order chi connectivity index (χ1) is 7.09. The van der Waals surface area contributed by atoms with Crippen molar-refractivity contribution >= 4 is 18.0 Å². The molecule has 0 saturated heterocycles. The highest BCUT2D eigenvalue weighted by Gasteiger charge is 2.08. The highest BCUT2D eigenvalue weighted by molar-refractivity contribution is 5.96. The lowest BCUT2D eigenvalue weighted by Gasteiger charge is -2.02. The van der Waals surface area contributed by atoms with E-state index in [4.69, 9.17) is 5.11 Å². The first-order valence-electron chi connectivity index (χ1n) is 4.37. The van der Waals surface area contributed by atoms with Crippen molar-refractivity contribution in [3.05, 3.63) is 41.6 Å². The van der Waals surface area contributed by atoms with Crippen molar-refractivity contribution in [3.8, 4) is 0 Å². The maximum absolute atomic E-state index is 10.8. The highest BCUT2D eigenvalue weighted by atomic mass is 16.5. The summed E-state index contributed by atoms with van der Waals surface area (Å²) in [6.07, 6.45) is 1.41. The summed E-state index contributed by atoms with van der Waals surface area (Å²) in [5, 5.41) is 11.1. The first-order valence-corrected chi connectivity index (χ1v) is 4.37. The van der Waals surface area contributed by atoms with Crippen molar-refractivity contribution in [2.75, 3.05) is 0 Å². The number of carboxylic acid groups (broad SMARTS) is 1. The molecular formula is C11H11NO3. The van der Waals surface area contributed by atoms with Gasteiger partial charge in [0.1, 0.15) is 5.70 Å². The van der Waals surface area contributed by atoms with Crippen molar-refractivity contribution in [3.63, 3.8) is 0 Å². The molecule has 0 radical (unpaired) electrons. The quantitative estimate of drug-likeness (QED) is 0.577. The molecule has 4 nitrogen and oxygen atoms in total. The van der Waals surface area contributed by atoms with Gasteiger partial charge in [0.2, 0.25) is 5.91 Å². The molecule has 0 aliphatic heterocycles. The Bertz CT molecular complexity index is 396. The fourth-order valence-electron chi connectivity index (χ4n) is 1.06. The third-order valence-electron chi connectivity index (χ3n) is 1.65. The van der Waals surface area contributed by atoms with Gasteiger partial charge in [-0.3, -0.25) is 4.79 Å². The number of carboxylic acids is 1. The summed E-state index contributed by atoms with van der Waals surface area (Å²) >= 11 is 0. The Morgan fingerprint density at radius 2 is 1.87 bits per heavy atom. The Labute approximate surface area is 87.2 Å². The lowest BCUT2D eigenvalue weighted by molar-refractivity contribution is -0.134. The number of nitrogens with one attached hydrogen (secondary N) is 1. The third kappa shape index (κ3) is 3.64. The maximum atomic E-state index is 10.8. The van der Waals surface area contributed by atoms with Crippen LogP contribution in [0.2, 0.25) is 0 Å². The van der Waals surface area contributed by atoms with Crippen molar-refractivity contribution in [1.82, 2.24) is 5.32 Å². The molecule has 0 spiro atoms. The average Bonchev–Trinajstić information content (AvgIpc) is 2.17. The molecule has 1 aromatic rings. The smallest absolute Gasteiger partial charge is 0.352 e. The van der Waals surface area contributed by atoms with E-state index >= 15 is 0 Å². The van der Waals surface area contributed by atoms with Crippen LogP contribution in [0, 0.1) is 0 Å². The van der Waals surface area contributed by atoms with Crippen LogP contribution in [0.4, 0.5) is 0 Å². The molecule has 1 amide bonds. The lowest BCUT2D eigenvalue weighted by atomic mass is 10.2. The summed E-state index contributed by atoms with van der Waals surface area (Å²) in [4.78, 5) is 21.5. The minimum Gasteiger partial charge on any atom is -0.477 e. The van der Waals surface area contributed by atoms with Gasteiger partial charge >= 0.3 is 5.97 Å². The summed E-state index contributed by atoms with van der Waals surface area (Å²) in [6, 6.07) is 8.92. The summed E-state index contributed by atoms with van der Waals surface area (Å²) in [6.45, 7) is 1.27. The van der Waals surface area contributed by atoms with Gasteiger partial charge in [0.15, 0.2) is 0 Å². The summed E-state index contributed by atoms with van der Waals surface area (Å²) in [5.74, 6) is -1.56. The van der Waals surface area contributed by atoms with E-state index in [1.807, 2.05) is 6.07 Å². The molecule has 0 unspecified atom stereocenters. The number of rotatable bonds is 3. The molecule has 2 N–H and O–H groups in total. The van der Waals surface area contributed by atoms with E-state index < -0.39 is 11.9 Å². The van der Waals surface area contributed by atoms with Crippen LogP contribution in [0.15, 0.2) is 36.0 Å². The Morgan fingerprint density at radius 3 is 2.33 bits per heavy atom. The van der Waals surface area contributed by atoms with Crippen LogP contribution in [0.3, 0.4) is 0 Å². The zero-order valence-electron chi connectivity index (χ0n) is 8.23. The minimum absolute atomic E-state index is 0.131. The summed E-state index contributed by atoms with van der Waals surface area (Å²) in [5.41, 5.74) is 0.595. The fraction of sp³-hybridized carbons (Fsp3) is 0.0909. The number of carbonyl (C=O) groups is 2. The van der Waals surface area contributed by atoms with Crippen LogP contribution < -0.4 is 5.32 Å². The summed E-state index contributed by atoms with van der Waals surface area (Å²) < 4.78 is 0. The first kappa shape index (κ1) is 11.0. The zero-order valence-corrected chi connectivity index (χ0v) is 8.23. The number of hydrogen-bond acceptors (Lipinski definition) is 2. The second-order valence-corrected chi connectivity index (χ2v) is 2.96. The Morgan fingerprint density at radius 1 is 1.27 bits per heavy atom. The largest absolute Gasteiger partial charge is 0.477 e. The van der Waals surface area contributed by atoms with Crippen LogP contribution in [0.5, 0.6) is 0 Å². The molecule has 0 fully saturated rings. The van der Waals surface area contributed by atoms with E-state index in [9.17, 15) is 9.59 Å². The zero-order chi connectivity index (χ0) is 11.3. The van der Waals surface area contributed by atoms with Crippen LogP contribution in [0.1, 0.15) is 12.5 Å². The second-order valence-electron chi connectivity index (χ2n) is 2.96. The predicted octanol–water partition coefficient (Wildman–Crippen LogP) is 1.25. The van der Waals surface area contributed by atoms with Gasteiger partial charge in [-0.15, -0.1) is 0 Å². The van der Waals surface area contributed by atoms with Crippen LogP contribution >= 0.6 is 0 Å². The van der Waals surface area contributed by atoms with Gasteiger partial charge in [-0.1, -0.05) is 30.3 Å². The molecule has 4 heteroatoms. The maximum Gasteiger partial charge on any atom is 0.352 e. The van der Waals surface area contributed by atoms with Crippen molar-refractivity contribution in [2.24, 2.45) is 0 Å². The number of carbonyl (C=O) groups excluding carboxylic acids is 1. The van der Waals surface area contributed by atoms with Crippen molar-refractivity contribution in [2.45, 2.75) is 6.92 Å². The molecule has 0 aliphatic rings. The van der Waals surface area contributed by atoms with Gasteiger partial charge in [-0.05, 0) is 11.6 Å². The second kappa shape index (κ2) is 4.95. The Hall–Kier alpha value is -2.10. The van der Waals surface area contributed by atoms with Crippen LogP contribution in [0.25, 0.3) is 6.08 Å². The monoisotopic (exact) mass is 206 g/mol. The molecule has 1 aromatic carbocycles. The lowest BCUT2D eigenvalue weighted by Crippen LogP contribution is -2.24. The van der Waals surface area contributed by atoms with E-state index in [1.54, 1.807) is 24.3 Å². The summed E-state index contributed by atoms with van der Waals surface area (Å²) in [7, 11) is 0. The molecular weight excluding hydrogens is 195 g/mol. The van der Waals surface area contributed by atoms with Crippen molar-refractivity contribution < 1.29 is 14.7 Å². The molecule has 1 rings (SSSR count). The molecule has 0 saturated carbocycles. The van der Waals surface area contributed by atoms with Crippen LogP contribution in [-0.2, 0) is 9.59 Å². The Kier molecular flexibility index (Phi) is 3.62. The minimum atomic E-state index is -1.16. The molecule has 0 bridgehead atoms. The van der Waals surface area contributed by atoms with Gasteiger partial charge in [0.05, 0.1) is 0 Å². The van der Waals surface area contributed by atoms with E-state index in [-0.39, 0.29) is 5.70 Å². The molecule has 0 atom stereocenters. The molecule has 15 heavy (non-hydrogen) atoms. The van der Waals surface area contributed by atoms with Gasteiger partial charge in [-0.2, -0.15) is 0 Å². The molecule has 0 heterocycles. The van der Waals surface area contributed by atoms with Gasteiger partial charge in [-0.25, -0.2) is 4.79 Å². The Balaban J connectivity index is 2.94. The average molecular weight is 206 g/mol. The van der Waals surface area contributed by atoms with E-state index in [0.29, 0.717) is 0 Å². The van der Waals surface area contributed by atoms with Crippen molar-refractivity contribution in [1.29, 1.82) is 0 Å². The topological polar surface area (TPSA) is 66.4 Å². The molecule has 0 aliphatic carbocycles. The number of benzene rings is 1. The third-order valence-corrected chi connectivity index (χ3v) is 1.65. The van der Waals surface area contributed by atoms with Gasteiger partial charge in [0.25, 0.3) is 0 Å². The van der Waals surface area contributed by atoms with Gasteiger partial charge in [0, 0.05) is 6.92 Å². The van der Waals surface area contributed by atoms with Crippen LogP contribution in [-0.4, -0.2) is 17.0 Å². The van der Waals surface area contributed by atoms with Gasteiger partial charge < -0.3 is 10.4 Å². The molecule has 78 valence electrons. The van der Waals surface area contributed by atoms with E-state index in [0.717, 1.165) is 5.56 Å².